The van der Waals surface area contributed by atoms with Crippen molar-refractivity contribution in [1.29, 1.82) is 0 Å². The van der Waals surface area contributed by atoms with Crippen molar-refractivity contribution >= 4 is 33.7 Å². The number of carbonyl (C=O) groups excluding carboxylic acids is 2. The third-order valence-corrected chi connectivity index (χ3v) is 5.88. The highest BCUT2D eigenvalue weighted by atomic mass is 16.5. The second-order valence-corrected chi connectivity index (χ2v) is 7.64. The summed E-state index contributed by atoms with van der Waals surface area (Å²) in [4.78, 5) is 30.5. The van der Waals surface area contributed by atoms with Crippen LogP contribution in [0, 0.1) is 0 Å². The number of rotatable bonds is 8. The zero-order chi connectivity index (χ0) is 25.3. The molecule has 10 nitrogen and oxygen atoms in total. The van der Waals surface area contributed by atoms with Crippen LogP contribution in [0.1, 0.15) is 32.1 Å². The lowest BCUT2D eigenvalue weighted by atomic mass is 9.97. The largest absolute Gasteiger partial charge is 0.496 e. The van der Waals surface area contributed by atoms with Gasteiger partial charge in [0.05, 0.1) is 53.7 Å². The summed E-state index contributed by atoms with van der Waals surface area (Å²) in [5.74, 6) is 1.08. The van der Waals surface area contributed by atoms with Gasteiger partial charge in [-0.15, -0.1) is 0 Å². The summed E-state index contributed by atoms with van der Waals surface area (Å²) in [5.41, 5.74) is 3.34. The van der Waals surface area contributed by atoms with E-state index in [1.807, 2.05) is 6.07 Å². The molecule has 35 heavy (non-hydrogen) atoms. The van der Waals surface area contributed by atoms with Crippen molar-refractivity contribution < 1.29 is 38.0 Å². The first-order chi connectivity index (χ1) is 16.9. The number of H-pyrrole nitrogens is 2. The summed E-state index contributed by atoms with van der Waals surface area (Å²) in [6.07, 6.45) is 0.331. The number of benzene rings is 2. The van der Waals surface area contributed by atoms with Crippen molar-refractivity contribution in [3.05, 3.63) is 46.8 Å². The van der Waals surface area contributed by atoms with Crippen LogP contribution in [0.2, 0.25) is 0 Å². The van der Waals surface area contributed by atoms with Gasteiger partial charge in [0.2, 0.25) is 0 Å². The molecule has 0 radical (unpaired) electrons. The Morgan fingerprint density at radius 3 is 1.86 bits per heavy atom. The molecule has 0 fully saturated rings. The molecular formula is C25H26N2O8. The smallest absolute Gasteiger partial charge is 0.354 e. The van der Waals surface area contributed by atoms with Crippen LogP contribution in [0.5, 0.6) is 23.0 Å². The molecule has 2 N–H and O–H groups in total. The molecule has 4 rings (SSSR count). The molecule has 0 atom stereocenters. The molecule has 0 aliphatic carbocycles. The highest BCUT2D eigenvalue weighted by molar-refractivity contribution is 6.01. The molecule has 10 heteroatoms. The number of ether oxygens (including phenoxy) is 6. The van der Waals surface area contributed by atoms with Gasteiger partial charge in [-0.1, -0.05) is 0 Å². The minimum atomic E-state index is -0.509. The summed E-state index contributed by atoms with van der Waals surface area (Å²) in [6.45, 7) is 0. The molecule has 0 aliphatic heterocycles. The van der Waals surface area contributed by atoms with Gasteiger partial charge in [0, 0.05) is 34.4 Å². The van der Waals surface area contributed by atoms with E-state index >= 15 is 0 Å². The maximum atomic E-state index is 12.2. The fourth-order valence-electron chi connectivity index (χ4n) is 4.31. The van der Waals surface area contributed by atoms with Gasteiger partial charge in [0.25, 0.3) is 0 Å². The number of nitrogens with one attached hydrogen (secondary N) is 2. The molecule has 0 bridgehead atoms. The van der Waals surface area contributed by atoms with Crippen LogP contribution in [0.15, 0.2) is 24.3 Å². The van der Waals surface area contributed by atoms with Crippen LogP contribution < -0.4 is 18.9 Å². The van der Waals surface area contributed by atoms with E-state index in [1.54, 1.807) is 46.6 Å². The molecule has 0 spiro atoms. The zero-order valence-electron chi connectivity index (χ0n) is 20.3. The molecule has 0 saturated carbocycles. The van der Waals surface area contributed by atoms with E-state index in [1.165, 1.54) is 14.2 Å². The molecule has 0 unspecified atom stereocenters. The molecule has 184 valence electrons. The van der Waals surface area contributed by atoms with Gasteiger partial charge in [-0.05, 0) is 18.2 Å². The van der Waals surface area contributed by atoms with E-state index in [0.29, 0.717) is 51.5 Å². The number of hydrogen-bond acceptors (Lipinski definition) is 8. The third kappa shape index (κ3) is 3.96. The molecule has 2 aromatic heterocycles. The Labute approximate surface area is 201 Å². The summed E-state index contributed by atoms with van der Waals surface area (Å²) in [5, 5.41) is 1.43. The van der Waals surface area contributed by atoms with Gasteiger partial charge in [-0.3, -0.25) is 0 Å². The first-order valence-corrected chi connectivity index (χ1v) is 10.6. The Bertz CT molecular complexity index is 1430. The number of aromatic amines is 2. The van der Waals surface area contributed by atoms with E-state index in [4.69, 9.17) is 28.4 Å². The van der Waals surface area contributed by atoms with Gasteiger partial charge < -0.3 is 38.4 Å². The van der Waals surface area contributed by atoms with Crippen LogP contribution in [-0.4, -0.2) is 64.6 Å². The van der Waals surface area contributed by atoms with Gasteiger partial charge in [-0.2, -0.15) is 0 Å². The minimum absolute atomic E-state index is 0.269. The van der Waals surface area contributed by atoms with Crippen molar-refractivity contribution in [2.24, 2.45) is 0 Å². The molecule has 2 aromatic carbocycles. The standard InChI is InChI=1S/C25H26N2O8/c1-30-19-8-12(22(32-3)21-15(19)10-18(27-21)25(29)35-6)7-14-13-9-17(24(28)34-5)26-16(13)11-20(31-2)23(14)33-4/h8-11,26-27H,7H2,1-6H3. The SMILES string of the molecule is COC(=O)c1cc2c(Cc3cc(OC)c4cc(C(=O)OC)[nH]c4c3OC)c(OC)c(OC)cc2[nH]1. The van der Waals surface area contributed by atoms with E-state index < -0.39 is 11.9 Å². The maximum Gasteiger partial charge on any atom is 0.354 e. The molecule has 4 aromatic rings. The molecular weight excluding hydrogens is 456 g/mol. The molecule has 0 amide bonds. The van der Waals surface area contributed by atoms with Crippen molar-refractivity contribution in [2.45, 2.75) is 6.42 Å². The first kappa shape index (κ1) is 23.8. The zero-order valence-corrected chi connectivity index (χ0v) is 20.3. The number of methoxy groups -OCH3 is 6. The highest BCUT2D eigenvalue weighted by Gasteiger charge is 2.24. The van der Waals surface area contributed by atoms with Gasteiger partial charge in [0.15, 0.2) is 11.5 Å². The molecule has 0 saturated heterocycles. The first-order valence-electron chi connectivity index (χ1n) is 10.6. The van der Waals surface area contributed by atoms with Gasteiger partial charge in [0.1, 0.15) is 22.9 Å². The number of carbonyl (C=O) groups is 2. The second kappa shape index (κ2) is 9.49. The summed E-state index contributed by atoms with van der Waals surface area (Å²) >= 11 is 0. The Balaban J connectivity index is 1.97. The van der Waals surface area contributed by atoms with E-state index in [2.05, 4.69) is 9.97 Å². The predicted octanol–water partition coefficient (Wildman–Crippen LogP) is 3.85. The number of fused-ring (bicyclic) bond motifs is 2. The average molecular weight is 482 g/mol. The lowest BCUT2D eigenvalue weighted by Crippen LogP contribution is -2.02. The van der Waals surface area contributed by atoms with Crippen molar-refractivity contribution in [3.8, 4) is 23.0 Å². The van der Waals surface area contributed by atoms with Gasteiger partial charge in [-0.25, -0.2) is 9.59 Å². The minimum Gasteiger partial charge on any atom is -0.496 e. The van der Waals surface area contributed by atoms with Crippen LogP contribution in [-0.2, 0) is 15.9 Å². The average Bonchev–Trinajstić information content (AvgIpc) is 3.51. The number of esters is 2. The quantitative estimate of drug-likeness (QED) is 0.363. The lowest BCUT2D eigenvalue weighted by molar-refractivity contribution is 0.0586. The van der Waals surface area contributed by atoms with E-state index in [-0.39, 0.29) is 5.69 Å². The fraction of sp³-hybridized carbons (Fsp3) is 0.280. The van der Waals surface area contributed by atoms with E-state index in [0.717, 1.165) is 16.5 Å². The Kier molecular flexibility index (Phi) is 6.46. The van der Waals surface area contributed by atoms with Crippen LogP contribution >= 0.6 is 0 Å². The molecule has 0 aliphatic rings. The van der Waals surface area contributed by atoms with Crippen molar-refractivity contribution in [2.75, 3.05) is 42.7 Å². The summed E-state index contributed by atoms with van der Waals surface area (Å²) < 4.78 is 32.4. The third-order valence-electron chi connectivity index (χ3n) is 5.88. The molecule has 2 heterocycles. The fourth-order valence-corrected chi connectivity index (χ4v) is 4.31. The summed E-state index contributed by atoms with van der Waals surface area (Å²) in [7, 11) is 8.83. The highest BCUT2D eigenvalue weighted by Crippen LogP contribution is 2.43. The van der Waals surface area contributed by atoms with Crippen LogP contribution in [0.4, 0.5) is 0 Å². The Hall–Kier alpha value is -4.34. The van der Waals surface area contributed by atoms with Crippen LogP contribution in [0.3, 0.4) is 0 Å². The van der Waals surface area contributed by atoms with Crippen molar-refractivity contribution in [3.63, 3.8) is 0 Å². The lowest BCUT2D eigenvalue weighted by Gasteiger charge is -2.17. The Morgan fingerprint density at radius 1 is 0.686 bits per heavy atom. The number of hydrogen-bond donors (Lipinski definition) is 2. The normalized spacial score (nSPS) is 10.9. The van der Waals surface area contributed by atoms with E-state index in [9.17, 15) is 9.59 Å². The Morgan fingerprint density at radius 2 is 1.29 bits per heavy atom. The number of aromatic nitrogens is 2. The monoisotopic (exact) mass is 482 g/mol. The predicted molar refractivity (Wildman–Crippen MR) is 128 cm³/mol. The second-order valence-electron chi connectivity index (χ2n) is 7.64. The topological polar surface area (TPSA) is 121 Å². The van der Waals surface area contributed by atoms with Crippen molar-refractivity contribution in [1.82, 2.24) is 9.97 Å². The summed E-state index contributed by atoms with van der Waals surface area (Å²) in [6, 6.07) is 6.98. The van der Waals surface area contributed by atoms with Crippen LogP contribution in [0.25, 0.3) is 21.8 Å². The maximum absolute atomic E-state index is 12.2. The van der Waals surface area contributed by atoms with Gasteiger partial charge >= 0.3 is 11.9 Å².